The summed E-state index contributed by atoms with van der Waals surface area (Å²) in [5.74, 6) is -2.44. The number of rotatable bonds is 2. The van der Waals surface area contributed by atoms with Crippen LogP contribution >= 0.6 is 0 Å². The van der Waals surface area contributed by atoms with Crippen LogP contribution in [-0.4, -0.2) is 34.3 Å². The Bertz CT molecular complexity index is 251. The maximum Gasteiger partial charge on any atom is 0.307 e. The van der Waals surface area contributed by atoms with Crippen molar-refractivity contribution in [3.8, 4) is 0 Å². The highest BCUT2D eigenvalue weighted by molar-refractivity contribution is 5.84. The van der Waals surface area contributed by atoms with Crippen LogP contribution in [0.15, 0.2) is 0 Å². The van der Waals surface area contributed by atoms with Gasteiger partial charge in [-0.25, -0.2) is 5.06 Å². The predicted molar refractivity (Wildman–Crippen MR) is 47.6 cm³/mol. The van der Waals surface area contributed by atoms with E-state index in [1.807, 2.05) is 6.92 Å². The van der Waals surface area contributed by atoms with Gasteiger partial charge in [-0.05, 0) is 18.8 Å². The van der Waals surface area contributed by atoms with E-state index in [4.69, 9.17) is 10.3 Å². The maximum atomic E-state index is 11.4. The zero-order valence-corrected chi connectivity index (χ0v) is 8.30. The molecule has 0 aromatic heterocycles. The molecule has 2 N–H and O–H groups in total. The summed E-state index contributed by atoms with van der Waals surface area (Å²) in [6, 6.07) is 0. The molecule has 0 heterocycles. The molecule has 0 spiro atoms. The zero-order valence-electron chi connectivity index (χ0n) is 8.30. The first-order chi connectivity index (χ1) is 6.43. The van der Waals surface area contributed by atoms with Gasteiger partial charge in [-0.3, -0.25) is 14.8 Å². The molecule has 0 aromatic carbocycles. The van der Waals surface area contributed by atoms with Crippen molar-refractivity contribution in [3.05, 3.63) is 0 Å². The second kappa shape index (κ2) is 3.96. The molecule has 1 aliphatic carbocycles. The first-order valence-electron chi connectivity index (χ1n) is 4.62. The van der Waals surface area contributed by atoms with Gasteiger partial charge in [0.15, 0.2) is 0 Å². The van der Waals surface area contributed by atoms with Crippen LogP contribution in [-0.2, 0) is 9.59 Å². The Labute approximate surface area is 82.3 Å². The minimum Gasteiger partial charge on any atom is -0.481 e. The number of carboxylic acids is 1. The normalized spacial score (nSPS) is 31.5. The lowest BCUT2D eigenvalue weighted by Crippen LogP contribution is -2.34. The molecule has 0 radical (unpaired) electrons. The number of carbonyl (C=O) groups excluding carboxylic acids is 1. The van der Waals surface area contributed by atoms with Gasteiger partial charge in [0, 0.05) is 7.05 Å². The molecule has 0 saturated heterocycles. The molecule has 3 unspecified atom stereocenters. The maximum absolute atomic E-state index is 11.4. The van der Waals surface area contributed by atoms with Gasteiger partial charge in [0.1, 0.15) is 0 Å². The molecule has 1 amide bonds. The summed E-state index contributed by atoms with van der Waals surface area (Å²) in [5.41, 5.74) is 0. The minimum atomic E-state index is -0.949. The Kier molecular flexibility index (Phi) is 3.10. The van der Waals surface area contributed by atoms with Crippen molar-refractivity contribution in [2.45, 2.75) is 19.8 Å². The fraction of sp³-hybridized carbons (Fsp3) is 0.778. The summed E-state index contributed by atoms with van der Waals surface area (Å²) in [5, 5.41) is 18.3. The number of aliphatic carboxylic acids is 1. The van der Waals surface area contributed by atoms with Crippen LogP contribution < -0.4 is 0 Å². The van der Waals surface area contributed by atoms with Crippen LogP contribution in [0.2, 0.25) is 0 Å². The van der Waals surface area contributed by atoms with Gasteiger partial charge in [-0.1, -0.05) is 6.92 Å². The fourth-order valence-electron chi connectivity index (χ4n) is 2.08. The van der Waals surface area contributed by atoms with E-state index in [0.29, 0.717) is 17.9 Å². The minimum absolute atomic E-state index is 0.227. The topological polar surface area (TPSA) is 77.8 Å². The molecule has 14 heavy (non-hydrogen) atoms. The van der Waals surface area contributed by atoms with E-state index >= 15 is 0 Å². The van der Waals surface area contributed by atoms with Gasteiger partial charge in [0.25, 0.3) is 0 Å². The molecule has 1 rings (SSSR count). The quantitative estimate of drug-likeness (QED) is 0.506. The van der Waals surface area contributed by atoms with Crippen LogP contribution in [0.3, 0.4) is 0 Å². The highest BCUT2D eigenvalue weighted by Gasteiger charge is 2.42. The first kappa shape index (κ1) is 11.0. The van der Waals surface area contributed by atoms with Crippen molar-refractivity contribution in [2.24, 2.45) is 17.8 Å². The Morgan fingerprint density at radius 2 is 1.79 bits per heavy atom. The Morgan fingerprint density at radius 1 is 1.29 bits per heavy atom. The van der Waals surface area contributed by atoms with Crippen molar-refractivity contribution in [1.29, 1.82) is 0 Å². The summed E-state index contributed by atoms with van der Waals surface area (Å²) >= 11 is 0. The molecule has 5 nitrogen and oxygen atoms in total. The van der Waals surface area contributed by atoms with Crippen LogP contribution in [0.5, 0.6) is 0 Å². The largest absolute Gasteiger partial charge is 0.481 e. The third-order valence-electron chi connectivity index (χ3n) is 2.75. The van der Waals surface area contributed by atoms with Crippen molar-refractivity contribution in [1.82, 2.24) is 5.06 Å². The van der Waals surface area contributed by atoms with Crippen molar-refractivity contribution < 1.29 is 19.9 Å². The fourth-order valence-corrected chi connectivity index (χ4v) is 2.08. The van der Waals surface area contributed by atoms with Crippen molar-refractivity contribution in [3.63, 3.8) is 0 Å². The highest BCUT2D eigenvalue weighted by Crippen LogP contribution is 2.37. The molecule has 1 saturated carbocycles. The lowest BCUT2D eigenvalue weighted by Gasteiger charge is -2.17. The summed E-state index contributed by atoms with van der Waals surface area (Å²) in [4.78, 5) is 22.3. The van der Waals surface area contributed by atoms with Gasteiger partial charge >= 0.3 is 5.97 Å². The summed E-state index contributed by atoms with van der Waals surface area (Å²) in [6.07, 6.45) is 1.06. The molecule has 5 heteroatoms. The molecular formula is C9H15NO4. The van der Waals surface area contributed by atoms with E-state index in [2.05, 4.69) is 0 Å². The summed E-state index contributed by atoms with van der Waals surface area (Å²) in [6.45, 7) is 1.92. The second-order valence-corrected chi connectivity index (χ2v) is 3.99. The second-order valence-electron chi connectivity index (χ2n) is 3.99. The van der Waals surface area contributed by atoms with Crippen LogP contribution in [0.4, 0.5) is 0 Å². The molecule has 0 aromatic rings. The molecule has 0 aliphatic heterocycles. The van der Waals surface area contributed by atoms with E-state index < -0.39 is 23.7 Å². The van der Waals surface area contributed by atoms with Crippen molar-refractivity contribution >= 4 is 11.9 Å². The average Bonchev–Trinajstić information content (AvgIpc) is 2.45. The first-order valence-corrected chi connectivity index (χ1v) is 4.62. The number of amides is 1. The van der Waals surface area contributed by atoms with Gasteiger partial charge in [-0.15, -0.1) is 0 Å². The number of hydrogen-bond donors (Lipinski definition) is 2. The van der Waals surface area contributed by atoms with E-state index in [1.165, 1.54) is 7.05 Å². The Morgan fingerprint density at radius 3 is 2.21 bits per heavy atom. The van der Waals surface area contributed by atoms with Crippen LogP contribution in [0.1, 0.15) is 19.8 Å². The lowest BCUT2D eigenvalue weighted by atomic mass is 9.95. The molecule has 1 aliphatic rings. The zero-order chi connectivity index (χ0) is 10.9. The molecule has 80 valence electrons. The standard InChI is InChI=1S/C9H15NO4/c1-5-3-6(8(11)10(2)14)7(4-5)9(12)13/h5-7,14H,3-4H2,1-2H3,(H,12,13). The van der Waals surface area contributed by atoms with Crippen LogP contribution in [0.25, 0.3) is 0 Å². The molecule has 0 bridgehead atoms. The Hall–Kier alpha value is -1.10. The van der Waals surface area contributed by atoms with Crippen molar-refractivity contribution in [2.75, 3.05) is 7.05 Å². The van der Waals surface area contributed by atoms with Gasteiger partial charge in [0.2, 0.25) is 5.91 Å². The monoisotopic (exact) mass is 201 g/mol. The number of carboxylic acid groups (broad SMARTS) is 1. The Balaban J connectivity index is 2.76. The number of hydrogen-bond acceptors (Lipinski definition) is 3. The SMILES string of the molecule is CC1CC(C(=O)O)C(C(=O)N(C)O)C1. The summed E-state index contributed by atoms with van der Waals surface area (Å²) < 4.78 is 0. The van der Waals surface area contributed by atoms with Gasteiger partial charge in [-0.2, -0.15) is 0 Å². The third-order valence-corrected chi connectivity index (χ3v) is 2.75. The highest BCUT2D eigenvalue weighted by atomic mass is 16.5. The van der Waals surface area contributed by atoms with E-state index in [-0.39, 0.29) is 5.92 Å². The van der Waals surface area contributed by atoms with E-state index in [0.717, 1.165) is 0 Å². The number of carbonyl (C=O) groups is 2. The van der Waals surface area contributed by atoms with E-state index in [1.54, 1.807) is 0 Å². The average molecular weight is 201 g/mol. The summed E-state index contributed by atoms with van der Waals surface area (Å²) in [7, 11) is 1.23. The molecular weight excluding hydrogens is 186 g/mol. The molecule has 1 fully saturated rings. The predicted octanol–water partition coefficient (Wildman–Crippen LogP) is 0.581. The van der Waals surface area contributed by atoms with Crippen LogP contribution in [0, 0.1) is 17.8 Å². The van der Waals surface area contributed by atoms with Gasteiger partial charge in [0.05, 0.1) is 11.8 Å². The van der Waals surface area contributed by atoms with E-state index in [9.17, 15) is 9.59 Å². The molecule has 3 atom stereocenters. The van der Waals surface area contributed by atoms with Gasteiger partial charge < -0.3 is 5.11 Å². The number of hydroxylamine groups is 2. The lowest BCUT2D eigenvalue weighted by molar-refractivity contribution is -0.168. The smallest absolute Gasteiger partial charge is 0.307 e. The number of nitrogens with zero attached hydrogens (tertiary/aromatic N) is 1. The third kappa shape index (κ3) is 2.04.